The highest BCUT2D eigenvalue weighted by molar-refractivity contribution is 14.1. The van der Waals surface area contributed by atoms with Gasteiger partial charge in [0.05, 0.1) is 3.92 Å². The predicted molar refractivity (Wildman–Crippen MR) is 73.5 cm³/mol. The number of allylic oxidation sites excluding steroid dienone is 2. The van der Waals surface area contributed by atoms with Crippen molar-refractivity contribution in [3.05, 3.63) is 42.7 Å². The van der Waals surface area contributed by atoms with E-state index in [4.69, 9.17) is 0 Å². The van der Waals surface area contributed by atoms with Crippen LogP contribution in [0.3, 0.4) is 0 Å². The Morgan fingerprint density at radius 2 is 1.88 bits per heavy atom. The van der Waals surface area contributed by atoms with Gasteiger partial charge in [-0.15, -0.1) is 0 Å². The lowest BCUT2D eigenvalue weighted by molar-refractivity contribution is -0.724. The van der Waals surface area contributed by atoms with Gasteiger partial charge in [0, 0.05) is 18.6 Å². The standard InChI is InChI=1S/C14H17IN/c15-13-9-11-5-4-6-12(11)10-14(13)16-7-2-1-3-8-16/h1-4,6-8,11-14H,5,9-10H2/q+1. The maximum absolute atomic E-state index is 2.65. The molecular formula is C14H17IN+. The minimum absolute atomic E-state index is 0.686. The summed E-state index contributed by atoms with van der Waals surface area (Å²) in [4.78, 5) is 0. The Morgan fingerprint density at radius 1 is 1.06 bits per heavy atom. The topological polar surface area (TPSA) is 3.88 Å². The van der Waals surface area contributed by atoms with Crippen LogP contribution in [0.5, 0.6) is 0 Å². The number of hydrogen-bond acceptors (Lipinski definition) is 0. The van der Waals surface area contributed by atoms with Gasteiger partial charge in [-0.05, 0) is 24.7 Å². The molecule has 0 amide bonds. The van der Waals surface area contributed by atoms with Crippen molar-refractivity contribution in [3.8, 4) is 0 Å². The van der Waals surface area contributed by atoms with Gasteiger partial charge >= 0.3 is 0 Å². The number of hydrogen-bond donors (Lipinski definition) is 0. The number of fused-ring (bicyclic) bond motifs is 1. The summed E-state index contributed by atoms with van der Waals surface area (Å²) < 4.78 is 3.19. The van der Waals surface area contributed by atoms with Crippen molar-refractivity contribution in [2.24, 2.45) is 11.8 Å². The molecule has 84 valence electrons. The van der Waals surface area contributed by atoms with Gasteiger partial charge < -0.3 is 0 Å². The van der Waals surface area contributed by atoms with Gasteiger partial charge in [0.2, 0.25) is 0 Å². The van der Waals surface area contributed by atoms with E-state index in [1.54, 1.807) is 0 Å². The van der Waals surface area contributed by atoms with Crippen LogP contribution in [-0.4, -0.2) is 3.92 Å². The highest BCUT2D eigenvalue weighted by Gasteiger charge is 2.40. The van der Waals surface area contributed by atoms with Crippen molar-refractivity contribution >= 4 is 22.6 Å². The summed E-state index contributed by atoms with van der Waals surface area (Å²) >= 11 is 2.65. The van der Waals surface area contributed by atoms with Crippen LogP contribution < -0.4 is 4.57 Å². The lowest BCUT2D eigenvalue weighted by Crippen LogP contribution is -2.47. The Labute approximate surface area is 111 Å². The van der Waals surface area contributed by atoms with Gasteiger partial charge in [0.1, 0.15) is 0 Å². The third kappa shape index (κ3) is 1.92. The van der Waals surface area contributed by atoms with E-state index in [0.717, 1.165) is 15.8 Å². The molecule has 2 heteroatoms. The number of pyridine rings is 1. The lowest BCUT2D eigenvalue weighted by atomic mass is 9.79. The molecule has 2 aliphatic rings. The molecule has 0 aliphatic heterocycles. The average molecular weight is 326 g/mol. The second kappa shape index (κ2) is 4.47. The van der Waals surface area contributed by atoms with Gasteiger partial charge in [0.25, 0.3) is 0 Å². The summed E-state index contributed by atoms with van der Waals surface area (Å²) in [6, 6.07) is 7.06. The van der Waals surface area contributed by atoms with E-state index in [2.05, 4.69) is 69.9 Å². The van der Waals surface area contributed by atoms with Crippen LogP contribution in [0, 0.1) is 11.8 Å². The molecule has 1 nitrogen and oxygen atoms in total. The van der Waals surface area contributed by atoms with Gasteiger partial charge in [0.15, 0.2) is 18.4 Å². The van der Waals surface area contributed by atoms with Crippen LogP contribution >= 0.6 is 22.6 Å². The minimum atomic E-state index is 0.686. The molecule has 0 aromatic carbocycles. The fourth-order valence-corrected chi connectivity index (χ4v) is 4.43. The summed E-state index contributed by atoms with van der Waals surface area (Å²) in [6.45, 7) is 0. The first-order valence-corrected chi connectivity index (χ1v) is 7.35. The molecule has 1 heterocycles. The molecule has 4 unspecified atom stereocenters. The number of rotatable bonds is 1. The first-order valence-electron chi connectivity index (χ1n) is 6.11. The molecule has 0 N–H and O–H groups in total. The van der Waals surface area contributed by atoms with Crippen molar-refractivity contribution in [1.29, 1.82) is 0 Å². The van der Waals surface area contributed by atoms with Crippen LogP contribution in [0.2, 0.25) is 0 Å². The summed E-state index contributed by atoms with van der Waals surface area (Å²) in [5, 5.41) is 0. The van der Waals surface area contributed by atoms with Crippen LogP contribution in [0.25, 0.3) is 0 Å². The molecule has 0 spiro atoms. The Hall–Kier alpha value is -0.380. The number of halogens is 1. The number of alkyl halides is 1. The Bertz CT molecular complexity index is 387. The molecule has 0 saturated heterocycles. The van der Waals surface area contributed by atoms with Crippen LogP contribution in [0.15, 0.2) is 42.7 Å². The van der Waals surface area contributed by atoms with Crippen molar-refractivity contribution in [3.63, 3.8) is 0 Å². The van der Waals surface area contributed by atoms with E-state index in [-0.39, 0.29) is 0 Å². The van der Waals surface area contributed by atoms with Gasteiger partial charge in [-0.25, -0.2) is 4.57 Å². The fraction of sp³-hybridized carbons (Fsp3) is 0.500. The SMILES string of the molecule is IC1CC2CC=CC2CC1[n+]1ccccc1. The molecule has 3 rings (SSSR count). The molecule has 1 fully saturated rings. The minimum Gasteiger partial charge on any atom is -0.201 e. The van der Waals surface area contributed by atoms with Gasteiger partial charge in [-0.2, -0.15) is 0 Å². The second-order valence-electron chi connectivity index (χ2n) is 4.97. The quantitative estimate of drug-likeness (QED) is 0.323. The normalized spacial score (nSPS) is 37.3. The summed E-state index contributed by atoms with van der Waals surface area (Å²) in [5.74, 6) is 1.77. The average Bonchev–Trinajstić information content (AvgIpc) is 2.76. The molecule has 16 heavy (non-hydrogen) atoms. The van der Waals surface area contributed by atoms with Crippen LogP contribution in [0.4, 0.5) is 0 Å². The summed E-state index contributed by atoms with van der Waals surface area (Å²) in [5.41, 5.74) is 0. The van der Waals surface area contributed by atoms with E-state index in [9.17, 15) is 0 Å². The second-order valence-corrected chi connectivity index (χ2v) is 6.57. The zero-order valence-corrected chi connectivity index (χ0v) is 11.5. The molecule has 1 saturated carbocycles. The van der Waals surface area contributed by atoms with E-state index in [1.807, 2.05) is 0 Å². The van der Waals surface area contributed by atoms with E-state index < -0.39 is 0 Å². The first-order chi connectivity index (χ1) is 7.84. The van der Waals surface area contributed by atoms with Crippen molar-refractivity contribution in [1.82, 2.24) is 0 Å². The molecule has 0 radical (unpaired) electrons. The third-order valence-corrected chi connectivity index (χ3v) is 5.35. The lowest BCUT2D eigenvalue weighted by Gasteiger charge is -2.32. The van der Waals surface area contributed by atoms with Gasteiger partial charge in [-0.1, -0.05) is 40.8 Å². The zero-order valence-electron chi connectivity index (χ0n) is 9.30. The highest BCUT2D eigenvalue weighted by Crippen LogP contribution is 2.43. The van der Waals surface area contributed by atoms with Crippen molar-refractivity contribution in [2.75, 3.05) is 0 Å². The van der Waals surface area contributed by atoms with Crippen LogP contribution in [-0.2, 0) is 0 Å². The van der Waals surface area contributed by atoms with E-state index >= 15 is 0 Å². The Kier molecular flexibility index (Phi) is 3.01. The van der Waals surface area contributed by atoms with Gasteiger partial charge in [-0.3, -0.25) is 0 Å². The Balaban J connectivity index is 1.83. The highest BCUT2D eigenvalue weighted by atomic mass is 127. The van der Waals surface area contributed by atoms with Crippen LogP contribution in [0.1, 0.15) is 25.3 Å². The summed E-state index contributed by atoms with van der Waals surface area (Å²) in [6.07, 6.45) is 13.3. The van der Waals surface area contributed by atoms with E-state index in [1.165, 1.54) is 19.3 Å². The number of aromatic nitrogens is 1. The Morgan fingerprint density at radius 3 is 2.69 bits per heavy atom. The zero-order chi connectivity index (χ0) is 11.0. The first kappa shape index (κ1) is 10.8. The molecule has 2 aliphatic carbocycles. The molecule has 0 bridgehead atoms. The largest absolute Gasteiger partial charge is 0.201 e. The fourth-order valence-electron chi connectivity index (χ4n) is 3.12. The van der Waals surface area contributed by atoms with E-state index in [0.29, 0.717) is 6.04 Å². The van der Waals surface area contributed by atoms with Crippen molar-refractivity contribution in [2.45, 2.75) is 29.2 Å². The predicted octanol–water partition coefficient (Wildman–Crippen LogP) is 3.30. The monoisotopic (exact) mass is 326 g/mol. The third-order valence-electron chi connectivity index (χ3n) is 4.01. The summed E-state index contributed by atoms with van der Waals surface area (Å²) in [7, 11) is 0. The molecule has 1 aromatic rings. The molecule has 1 aromatic heterocycles. The number of nitrogens with zero attached hydrogens (tertiary/aromatic N) is 1. The van der Waals surface area contributed by atoms with Crippen molar-refractivity contribution < 1.29 is 4.57 Å². The smallest absolute Gasteiger partial charge is 0.170 e. The maximum Gasteiger partial charge on any atom is 0.170 e. The molecule has 4 atom stereocenters. The maximum atomic E-state index is 2.65. The molecular weight excluding hydrogens is 309 g/mol.